The first-order valence-corrected chi connectivity index (χ1v) is 9.43. The second-order valence-corrected chi connectivity index (χ2v) is 7.05. The van der Waals surface area contributed by atoms with Crippen LogP contribution < -0.4 is 10.5 Å². The standard InChI is InChI=1S/C21H18F2N6O2/c1-25-16-5-3-12(9-15(16)22)20-27-18(21(30)28-8-7-13(24)11-28)19(23)29(20)14-4-6-17(31-2)26-10-14/h3-6,9-10,13H,7-8,11,24H2,2H3/t13-/m1/s1. The molecule has 0 unspecified atom stereocenters. The number of pyridine rings is 1. The first-order chi connectivity index (χ1) is 14.9. The number of halogens is 2. The number of ether oxygens (including phenoxy) is 1. The lowest BCUT2D eigenvalue weighted by Crippen LogP contribution is -2.32. The molecule has 3 heterocycles. The molecule has 0 aliphatic carbocycles. The molecular formula is C21H18F2N6O2. The van der Waals surface area contributed by atoms with E-state index in [1.807, 2.05) is 0 Å². The van der Waals surface area contributed by atoms with Crippen molar-refractivity contribution in [2.24, 2.45) is 5.73 Å². The molecule has 3 aromatic rings. The van der Waals surface area contributed by atoms with E-state index in [-0.39, 0.29) is 28.8 Å². The molecule has 0 radical (unpaired) electrons. The molecule has 1 aliphatic heterocycles. The lowest BCUT2D eigenvalue weighted by molar-refractivity contribution is 0.0780. The summed E-state index contributed by atoms with van der Waals surface area (Å²) in [6, 6.07) is 6.72. The van der Waals surface area contributed by atoms with Crippen molar-refractivity contribution in [3.63, 3.8) is 0 Å². The Morgan fingerprint density at radius 1 is 1.32 bits per heavy atom. The van der Waals surface area contributed by atoms with Crippen LogP contribution in [0.2, 0.25) is 0 Å². The van der Waals surface area contributed by atoms with Crippen molar-refractivity contribution in [2.75, 3.05) is 20.2 Å². The third kappa shape index (κ3) is 3.71. The summed E-state index contributed by atoms with van der Waals surface area (Å²) in [5.74, 6) is -1.94. The highest BCUT2D eigenvalue weighted by molar-refractivity contribution is 5.93. The van der Waals surface area contributed by atoms with E-state index in [9.17, 15) is 9.18 Å². The Morgan fingerprint density at radius 3 is 2.71 bits per heavy atom. The number of nitrogens with zero attached hydrogens (tertiary/aromatic N) is 5. The topological polar surface area (TPSA) is 90.6 Å². The highest BCUT2D eigenvalue weighted by atomic mass is 19.1. The number of benzene rings is 1. The number of imidazole rings is 1. The van der Waals surface area contributed by atoms with Gasteiger partial charge < -0.3 is 15.4 Å². The van der Waals surface area contributed by atoms with Gasteiger partial charge in [0, 0.05) is 30.8 Å². The maximum absolute atomic E-state index is 15.5. The van der Waals surface area contributed by atoms with Crippen LogP contribution >= 0.6 is 0 Å². The largest absolute Gasteiger partial charge is 0.481 e. The second kappa shape index (κ2) is 8.12. The lowest BCUT2D eigenvalue weighted by Gasteiger charge is -2.14. The number of hydrogen-bond acceptors (Lipinski definition) is 5. The quantitative estimate of drug-likeness (QED) is 0.651. The van der Waals surface area contributed by atoms with E-state index >= 15 is 4.39 Å². The summed E-state index contributed by atoms with van der Waals surface area (Å²) in [6.07, 6.45) is 1.98. The first-order valence-electron chi connectivity index (χ1n) is 9.43. The summed E-state index contributed by atoms with van der Waals surface area (Å²) in [5.41, 5.74) is 5.78. The first kappa shape index (κ1) is 20.4. The fraction of sp³-hybridized carbons (Fsp3) is 0.238. The predicted octanol–water partition coefficient (Wildman–Crippen LogP) is 2.95. The second-order valence-electron chi connectivity index (χ2n) is 7.05. The van der Waals surface area contributed by atoms with Gasteiger partial charge >= 0.3 is 0 Å². The van der Waals surface area contributed by atoms with Crippen LogP contribution in [0.3, 0.4) is 0 Å². The predicted molar refractivity (Wildman–Crippen MR) is 108 cm³/mol. The average molecular weight is 424 g/mol. The third-order valence-corrected chi connectivity index (χ3v) is 5.05. The molecule has 1 saturated heterocycles. The maximum atomic E-state index is 15.5. The molecule has 0 saturated carbocycles. The van der Waals surface area contributed by atoms with Gasteiger partial charge in [0.25, 0.3) is 5.91 Å². The highest BCUT2D eigenvalue weighted by Gasteiger charge is 2.31. The summed E-state index contributed by atoms with van der Waals surface area (Å²) in [4.78, 5) is 25.7. The summed E-state index contributed by atoms with van der Waals surface area (Å²) in [7, 11) is 1.45. The summed E-state index contributed by atoms with van der Waals surface area (Å²) in [5, 5.41) is 0. The minimum absolute atomic E-state index is 0.00624. The van der Waals surface area contributed by atoms with Crippen LogP contribution in [0.1, 0.15) is 16.9 Å². The van der Waals surface area contributed by atoms with Crippen LogP contribution in [-0.2, 0) is 0 Å². The summed E-state index contributed by atoms with van der Waals surface area (Å²) in [6.45, 7) is 7.71. The van der Waals surface area contributed by atoms with Crippen molar-refractivity contribution in [1.82, 2.24) is 19.4 Å². The molecule has 1 atom stereocenters. The van der Waals surface area contributed by atoms with Gasteiger partial charge in [0.15, 0.2) is 5.69 Å². The Kier molecular flexibility index (Phi) is 5.35. The van der Waals surface area contributed by atoms with Gasteiger partial charge in [0.05, 0.1) is 25.6 Å². The van der Waals surface area contributed by atoms with Crippen molar-refractivity contribution < 1.29 is 18.3 Å². The van der Waals surface area contributed by atoms with Crippen molar-refractivity contribution in [3.05, 3.63) is 65.4 Å². The van der Waals surface area contributed by atoms with Gasteiger partial charge in [-0.25, -0.2) is 19.2 Å². The highest BCUT2D eigenvalue weighted by Crippen LogP contribution is 2.30. The number of nitrogens with two attached hydrogens (primary N) is 1. The lowest BCUT2D eigenvalue weighted by atomic mass is 10.2. The number of carbonyl (C=O) groups excluding carboxylic acids is 1. The number of amides is 1. The van der Waals surface area contributed by atoms with Gasteiger partial charge in [-0.3, -0.25) is 9.36 Å². The van der Waals surface area contributed by atoms with Crippen molar-refractivity contribution >= 4 is 11.6 Å². The Bertz CT molecular complexity index is 1190. The van der Waals surface area contributed by atoms with Crippen LogP contribution in [0.5, 0.6) is 5.88 Å². The van der Waals surface area contributed by atoms with E-state index in [4.69, 9.17) is 17.0 Å². The number of carbonyl (C=O) groups is 1. The summed E-state index contributed by atoms with van der Waals surface area (Å²) >= 11 is 0. The van der Waals surface area contributed by atoms with Crippen molar-refractivity contribution in [3.8, 4) is 23.0 Å². The Morgan fingerprint density at radius 2 is 2.13 bits per heavy atom. The Labute approximate surface area is 176 Å². The SMILES string of the molecule is [C-]#[N+]c1ccc(-c2nc(C(=O)N3CC[C@@H](N)C3)c(F)n2-c2ccc(OC)nc2)cc1F. The molecule has 8 nitrogen and oxygen atoms in total. The molecule has 158 valence electrons. The summed E-state index contributed by atoms with van der Waals surface area (Å²) < 4.78 is 35.9. The monoisotopic (exact) mass is 424 g/mol. The molecule has 1 aliphatic rings. The molecule has 31 heavy (non-hydrogen) atoms. The molecule has 1 aromatic carbocycles. The van der Waals surface area contributed by atoms with Gasteiger partial charge in [-0.1, -0.05) is 12.1 Å². The van der Waals surface area contributed by atoms with E-state index in [1.54, 1.807) is 6.07 Å². The number of hydrogen-bond donors (Lipinski definition) is 1. The Balaban J connectivity index is 1.86. The average Bonchev–Trinajstić information content (AvgIpc) is 3.36. The normalized spacial score (nSPS) is 15.7. The fourth-order valence-electron chi connectivity index (χ4n) is 3.45. The van der Waals surface area contributed by atoms with E-state index < -0.39 is 23.4 Å². The van der Waals surface area contributed by atoms with Gasteiger partial charge in [-0.05, 0) is 18.6 Å². The van der Waals surface area contributed by atoms with E-state index in [0.717, 1.165) is 10.6 Å². The number of likely N-dealkylation sites (tertiary alicyclic amines) is 1. The van der Waals surface area contributed by atoms with E-state index in [0.29, 0.717) is 25.4 Å². The van der Waals surface area contributed by atoms with Crippen LogP contribution in [0.4, 0.5) is 14.5 Å². The van der Waals surface area contributed by atoms with Gasteiger partial charge in [0.2, 0.25) is 17.5 Å². The smallest absolute Gasteiger partial charge is 0.277 e. The van der Waals surface area contributed by atoms with Crippen molar-refractivity contribution in [2.45, 2.75) is 12.5 Å². The zero-order valence-electron chi connectivity index (χ0n) is 16.5. The Hall–Kier alpha value is -3.84. The molecule has 1 fully saturated rings. The van der Waals surface area contributed by atoms with E-state index in [2.05, 4.69) is 14.8 Å². The van der Waals surface area contributed by atoms with Gasteiger partial charge in [-0.15, -0.1) is 0 Å². The molecular weight excluding hydrogens is 406 g/mol. The zero-order chi connectivity index (χ0) is 22.1. The zero-order valence-corrected chi connectivity index (χ0v) is 16.5. The fourth-order valence-corrected chi connectivity index (χ4v) is 3.45. The number of aromatic nitrogens is 3. The van der Waals surface area contributed by atoms with Crippen LogP contribution in [0.15, 0.2) is 36.5 Å². The molecule has 1 amide bonds. The molecule has 2 N–H and O–H groups in total. The number of rotatable bonds is 4. The number of methoxy groups -OCH3 is 1. The molecule has 0 spiro atoms. The molecule has 0 bridgehead atoms. The van der Waals surface area contributed by atoms with Crippen LogP contribution in [0.25, 0.3) is 21.9 Å². The minimum atomic E-state index is -0.901. The van der Waals surface area contributed by atoms with Crippen molar-refractivity contribution in [1.29, 1.82) is 0 Å². The third-order valence-electron chi connectivity index (χ3n) is 5.05. The molecule has 2 aromatic heterocycles. The van der Waals surface area contributed by atoms with Crippen LogP contribution in [-0.4, -0.2) is 51.6 Å². The molecule has 4 rings (SSSR count). The minimum Gasteiger partial charge on any atom is -0.481 e. The molecule has 10 heteroatoms. The maximum Gasteiger partial charge on any atom is 0.277 e. The van der Waals surface area contributed by atoms with Crippen LogP contribution in [0, 0.1) is 18.3 Å². The van der Waals surface area contributed by atoms with Gasteiger partial charge in [-0.2, -0.15) is 4.39 Å². The van der Waals surface area contributed by atoms with Gasteiger partial charge in [0.1, 0.15) is 11.6 Å². The van der Waals surface area contributed by atoms with E-state index in [1.165, 1.54) is 36.4 Å².